The molecule has 58 valence electrons. The minimum absolute atomic E-state index is 0.0946. The van der Waals surface area contributed by atoms with E-state index in [-0.39, 0.29) is 18.8 Å². The van der Waals surface area contributed by atoms with Crippen LogP contribution < -0.4 is 0 Å². The van der Waals surface area contributed by atoms with Gasteiger partial charge < -0.3 is 9.84 Å². The molecule has 0 bridgehead atoms. The van der Waals surface area contributed by atoms with Crippen LogP contribution in [0.25, 0.3) is 0 Å². The smallest absolute Gasteiger partial charge is 0.157 e. The largest absolute Gasteiger partial charge is 0.390 e. The normalized spacial score (nSPS) is 12.6. The number of rotatable bonds is 5. The molecule has 1 unspecified atom stereocenters. The summed E-state index contributed by atoms with van der Waals surface area (Å²) in [6, 6.07) is 0. The first-order valence-corrected chi connectivity index (χ1v) is 3.03. The van der Waals surface area contributed by atoms with Crippen molar-refractivity contribution in [3.05, 3.63) is 12.7 Å². The van der Waals surface area contributed by atoms with Crippen molar-refractivity contribution in [2.24, 2.45) is 0 Å². The molecule has 0 amide bonds. The predicted octanol–water partition coefficient (Wildman–Crippen LogP) is 0.139. The Balaban J connectivity index is 3.46. The lowest BCUT2D eigenvalue weighted by atomic mass is 10.2. The van der Waals surface area contributed by atoms with E-state index in [0.29, 0.717) is 0 Å². The van der Waals surface area contributed by atoms with Gasteiger partial charge in [0.2, 0.25) is 0 Å². The molecule has 0 fully saturated rings. The molecule has 0 saturated carbocycles. The van der Waals surface area contributed by atoms with E-state index in [2.05, 4.69) is 11.3 Å². The van der Waals surface area contributed by atoms with Gasteiger partial charge in [-0.15, -0.1) is 0 Å². The van der Waals surface area contributed by atoms with Crippen molar-refractivity contribution in [3.63, 3.8) is 0 Å². The predicted molar refractivity (Wildman–Crippen MR) is 37.7 cm³/mol. The minimum Gasteiger partial charge on any atom is -0.390 e. The van der Waals surface area contributed by atoms with Crippen LogP contribution in [0.15, 0.2) is 12.7 Å². The molecular formula is C7H12O3. The number of methoxy groups -OCH3 is 1. The van der Waals surface area contributed by atoms with Crippen LogP contribution >= 0.6 is 0 Å². The molecule has 1 atom stereocenters. The van der Waals surface area contributed by atoms with E-state index in [9.17, 15) is 4.79 Å². The third-order valence-corrected chi connectivity index (χ3v) is 1.02. The highest BCUT2D eigenvalue weighted by Gasteiger charge is 2.06. The van der Waals surface area contributed by atoms with Gasteiger partial charge in [-0.05, 0) is 6.08 Å². The lowest BCUT2D eigenvalue weighted by Crippen LogP contribution is -2.17. The van der Waals surface area contributed by atoms with Gasteiger partial charge in [0, 0.05) is 13.5 Å². The van der Waals surface area contributed by atoms with Gasteiger partial charge in [0.25, 0.3) is 0 Å². The Kier molecular flexibility index (Phi) is 4.80. The van der Waals surface area contributed by atoms with Crippen LogP contribution in [0.1, 0.15) is 6.42 Å². The van der Waals surface area contributed by atoms with Gasteiger partial charge in [-0.2, -0.15) is 0 Å². The van der Waals surface area contributed by atoms with E-state index in [4.69, 9.17) is 5.11 Å². The van der Waals surface area contributed by atoms with E-state index in [1.54, 1.807) is 0 Å². The zero-order chi connectivity index (χ0) is 7.98. The van der Waals surface area contributed by atoms with Crippen molar-refractivity contribution < 1.29 is 14.6 Å². The fourth-order valence-electron chi connectivity index (χ4n) is 0.567. The van der Waals surface area contributed by atoms with Crippen molar-refractivity contribution in [2.45, 2.75) is 12.5 Å². The summed E-state index contributed by atoms with van der Waals surface area (Å²) in [5.41, 5.74) is 0. The molecule has 1 N–H and O–H groups in total. The third kappa shape index (κ3) is 4.23. The molecule has 0 aliphatic heterocycles. The van der Waals surface area contributed by atoms with Crippen molar-refractivity contribution in [1.82, 2.24) is 0 Å². The Morgan fingerprint density at radius 3 is 2.90 bits per heavy atom. The van der Waals surface area contributed by atoms with Gasteiger partial charge in [-0.3, -0.25) is 4.79 Å². The quantitative estimate of drug-likeness (QED) is 0.558. The molecule has 10 heavy (non-hydrogen) atoms. The molecule has 0 aromatic heterocycles. The van der Waals surface area contributed by atoms with Crippen LogP contribution in [-0.2, 0) is 9.53 Å². The minimum atomic E-state index is -0.699. The van der Waals surface area contributed by atoms with Gasteiger partial charge in [0.05, 0.1) is 12.7 Å². The molecule has 0 radical (unpaired) electrons. The van der Waals surface area contributed by atoms with Crippen LogP contribution in [0.3, 0.4) is 0 Å². The number of carbonyl (C=O) groups is 1. The first-order valence-electron chi connectivity index (χ1n) is 3.03. The summed E-state index contributed by atoms with van der Waals surface area (Å²) in [5.74, 6) is -0.162. The van der Waals surface area contributed by atoms with E-state index in [1.165, 1.54) is 13.2 Å². The summed E-state index contributed by atoms with van der Waals surface area (Å²) in [6.45, 7) is 3.47. The summed E-state index contributed by atoms with van der Waals surface area (Å²) >= 11 is 0. The number of ketones is 1. The average molecular weight is 144 g/mol. The molecule has 3 heteroatoms. The Bertz CT molecular complexity index is 120. The van der Waals surface area contributed by atoms with Gasteiger partial charge in [0.15, 0.2) is 5.78 Å². The van der Waals surface area contributed by atoms with Gasteiger partial charge in [-0.25, -0.2) is 0 Å². The zero-order valence-electron chi connectivity index (χ0n) is 6.04. The number of aliphatic hydroxyl groups is 1. The maximum Gasteiger partial charge on any atom is 0.157 e. The van der Waals surface area contributed by atoms with Crippen LogP contribution in [0.4, 0.5) is 0 Å². The number of allylic oxidation sites excluding steroid dienone is 1. The van der Waals surface area contributed by atoms with Crippen molar-refractivity contribution >= 4 is 5.78 Å². The second kappa shape index (κ2) is 5.14. The number of ether oxygens (including phenoxy) is 1. The van der Waals surface area contributed by atoms with E-state index in [0.717, 1.165) is 0 Å². The van der Waals surface area contributed by atoms with Gasteiger partial charge in [0.1, 0.15) is 0 Å². The Labute approximate surface area is 60.3 Å². The Hall–Kier alpha value is -0.670. The molecule has 0 saturated heterocycles. The van der Waals surface area contributed by atoms with Gasteiger partial charge in [-0.1, -0.05) is 6.58 Å². The fraction of sp³-hybridized carbons (Fsp3) is 0.571. The molecule has 0 rings (SSSR count). The monoisotopic (exact) mass is 144 g/mol. The number of hydrogen-bond donors (Lipinski definition) is 1. The summed E-state index contributed by atoms with van der Waals surface area (Å²) in [7, 11) is 1.47. The number of hydrogen-bond acceptors (Lipinski definition) is 3. The highest BCUT2D eigenvalue weighted by molar-refractivity contribution is 5.89. The van der Waals surface area contributed by atoms with Crippen LogP contribution in [-0.4, -0.2) is 30.7 Å². The first kappa shape index (κ1) is 9.33. The Morgan fingerprint density at radius 2 is 2.50 bits per heavy atom. The van der Waals surface area contributed by atoms with Crippen molar-refractivity contribution in [2.75, 3.05) is 13.7 Å². The van der Waals surface area contributed by atoms with Crippen LogP contribution in [0.2, 0.25) is 0 Å². The number of carbonyl (C=O) groups excluding carboxylic acids is 1. The molecule has 0 spiro atoms. The Morgan fingerprint density at radius 1 is 1.90 bits per heavy atom. The first-order chi connectivity index (χ1) is 4.70. The number of aliphatic hydroxyl groups excluding tert-OH is 1. The van der Waals surface area contributed by atoms with Crippen LogP contribution in [0.5, 0.6) is 0 Å². The van der Waals surface area contributed by atoms with Crippen molar-refractivity contribution in [1.29, 1.82) is 0 Å². The highest BCUT2D eigenvalue weighted by atomic mass is 16.5. The molecule has 0 aromatic rings. The second-order valence-corrected chi connectivity index (χ2v) is 1.98. The fourth-order valence-corrected chi connectivity index (χ4v) is 0.567. The van der Waals surface area contributed by atoms with Gasteiger partial charge >= 0.3 is 0 Å². The van der Waals surface area contributed by atoms with E-state index in [1.807, 2.05) is 0 Å². The SMILES string of the molecule is C=CC(=O)CC(O)COC. The maximum atomic E-state index is 10.6. The summed E-state index contributed by atoms with van der Waals surface area (Å²) < 4.78 is 4.61. The van der Waals surface area contributed by atoms with Crippen LogP contribution in [0, 0.1) is 0 Å². The average Bonchev–Trinajstić information content (AvgIpc) is 1.88. The summed E-state index contributed by atoms with van der Waals surface area (Å²) in [5, 5.41) is 8.96. The lowest BCUT2D eigenvalue weighted by molar-refractivity contribution is -0.117. The molecule has 3 nitrogen and oxygen atoms in total. The second-order valence-electron chi connectivity index (χ2n) is 1.98. The molecule has 0 aliphatic rings. The summed E-state index contributed by atoms with van der Waals surface area (Å²) in [4.78, 5) is 10.6. The topological polar surface area (TPSA) is 46.5 Å². The zero-order valence-corrected chi connectivity index (χ0v) is 6.04. The summed E-state index contributed by atoms with van der Waals surface area (Å²) in [6.07, 6.45) is 0.589. The van der Waals surface area contributed by atoms with E-state index >= 15 is 0 Å². The lowest BCUT2D eigenvalue weighted by Gasteiger charge is -2.05. The molecule has 0 aromatic carbocycles. The molecular weight excluding hydrogens is 132 g/mol. The third-order valence-electron chi connectivity index (χ3n) is 1.02. The maximum absolute atomic E-state index is 10.6. The standard InChI is InChI=1S/C7H12O3/c1-3-6(8)4-7(9)5-10-2/h3,7,9H,1,4-5H2,2H3. The highest BCUT2D eigenvalue weighted by Crippen LogP contribution is 1.93. The van der Waals surface area contributed by atoms with E-state index < -0.39 is 6.10 Å². The van der Waals surface area contributed by atoms with Crippen molar-refractivity contribution in [3.8, 4) is 0 Å². The molecule has 0 heterocycles. The molecule has 0 aliphatic carbocycles.